The van der Waals surface area contributed by atoms with Crippen molar-refractivity contribution in [1.82, 2.24) is 10.2 Å². The average Bonchev–Trinajstić information content (AvgIpc) is 2.93. The Labute approximate surface area is 238 Å². The third-order valence-electron chi connectivity index (χ3n) is 6.41. The van der Waals surface area contributed by atoms with Crippen LogP contribution in [0.4, 0.5) is 5.69 Å². The molecule has 1 N–H and O–H groups in total. The van der Waals surface area contributed by atoms with Gasteiger partial charge in [0.15, 0.2) is 0 Å². The highest BCUT2D eigenvalue weighted by Gasteiger charge is 2.32. The lowest BCUT2D eigenvalue weighted by molar-refractivity contribution is -0.139. The first-order valence-electron chi connectivity index (χ1n) is 13.5. The predicted molar refractivity (Wildman–Crippen MR) is 158 cm³/mol. The molecule has 0 spiro atoms. The van der Waals surface area contributed by atoms with Gasteiger partial charge in [0.05, 0.1) is 17.2 Å². The lowest BCUT2D eigenvalue weighted by atomic mass is 10.1. The van der Waals surface area contributed by atoms with E-state index in [1.54, 1.807) is 43.3 Å². The van der Waals surface area contributed by atoms with Crippen LogP contribution in [-0.2, 0) is 26.0 Å². The number of nitrogens with zero attached hydrogens (tertiary/aromatic N) is 2. The Balaban J connectivity index is 1.98. The van der Waals surface area contributed by atoms with Crippen molar-refractivity contribution in [3.8, 4) is 5.75 Å². The van der Waals surface area contributed by atoms with Crippen LogP contribution in [0, 0.1) is 6.92 Å². The van der Waals surface area contributed by atoms with E-state index in [1.165, 1.54) is 17.0 Å². The first kappa shape index (κ1) is 30.7. The molecule has 0 heterocycles. The second-order valence-electron chi connectivity index (χ2n) is 9.91. The van der Waals surface area contributed by atoms with Crippen LogP contribution in [0.25, 0.3) is 0 Å². The molecule has 1 unspecified atom stereocenters. The van der Waals surface area contributed by atoms with Gasteiger partial charge in [0.1, 0.15) is 18.3 Å². The van der Waals surface area contributed by atoms with Gasteiger partial charge in [-0.05, 0) is 83.0 Å². The number of rotatable bonds is 13. The first-order chi connectivity index (χ1) is 19.0. The molecule has 8 nitrogen and oxygen atoms in total. The fourth-order valence-electron chi connectivity index (χ4n) is 4.22. The number of carbonyl (C=O) groups excluding carboxylic acids is 2. The Hall–Kier alpha value is -3.85. The second-order valence-corrected chi connectivity index (χ2v) is 11.8. The van der Waals surface area contributed by atoms with Crippen molar-refractivity contribution < 1.29 is 22.7 Å². The Bertz CT molecular complexity index is 1360. The summed E-state index contributed by atoms with van der Waals surface area (Å²) in [5.74, 6) is -0.189. The van der Waals surface area contributed by atoms with Gasteiger partial charge in [-0.3, -0.25) is 13.9 Å². The molecule has 0 aliphatic heterocycles. The van der Waals surface area contributed by atoms with Crippen molar-refractivity contribution in [3.63, 3.8) is 0 Å². The van der Waals surface area contributed by atoms with Crippen molar-refractivity contribution in [2.24, 2.45) is 0 Å². The number of aryl methyl sites for hydroxylation is 1. The Morgan fingerprint density at radius 3 is 2.10 bits per heavy atom. The molecule has 0 radical (unpaired) electrons. The van der Waals surface area contributed by atoms with Crippen LogP contribution in [0.1, 0.15) is 38.8 Å². The van der Waals surface area contributed by atoms with E-state index in [4.69, 9.17) is 4.74 Å². The second kappa shape index (κ2) is 14.0. The minimum Gasteiger partial charge on any atom is -0.494 e. The topological polar surface area (TPSA) is 96.0 Å². The summed E-state index contributed by atoms with van der Waals surface area (Å²) in [6.07, 6.45) is 0.514. The van der Waals surface area contributed by atoms with E-state index in [-0.39, 0.29) is 23.4 Å². The molecule has 0 aliphatic carbocycles. The zero-order valence-electron chi connectivity index (χ0n) is 23.8. The fourth-order valence-corrected chi connectivity index (χ4v) is 5.63. The number of nitrogens with one attached hydrogen (secondary N) is 1. The monoisotopic (exact) mass is 565 g/mol. The van der Waals surface area contributed by atoms with Gasteiger partial charge < -0.3 is 15.0 Å². The number of benzene rings is 3. The van der Waals surface area contributed by atoms with Gasteiger partial charge in [0.2, 0.25) is 11.8 Å². The zero-order valence-corrected chi connectivity index (χ0v) is 24.6. The molecular weight excluding hydrogens is 526 g/mol. The van der Waals surface area contributed by atoms with Gasteiger partial charge in [0.25, 0.3) is 10.0 Å². The van der Waals surface area contributed by atoms with E-state index in [0.29, 0.717) is 24.5 Å². The third kappa shape index (κ3) is 8.08. The van der Waals surface area contributed by atoms with Crippen LogP contribution in [0.2, 0.25) is 0 Å². The van der Waals surface area contributed by atoms with Crippen LogP contribution in [0.3, 0.4) is 0 Å². The van der Waals surface area contributed by atoms with Gasteiger partial charge >= 0.3 is 0 Å². The smallest absolute Gasteiger partial charge is 0.264 e. The molecule has 0 saturated heterocycles. The zero-order chi connectivity index (χ0) is 29.3. The highest BCUT2D eigenvalue weighted by molar-refractivity contribution is 7.92. The normalized spacial score (nSPS) is 12.1. The van der Waals surface area contributed by atoms with Crippen molar-refractivity contribution in [1.29, 1.82) is 0 Å². The summed E-state index contributed by atoms with van der Waals surface area (Å²) in [4.78, 5) is 28.4. The van der Waals surface area contributed by atoms with Gasteiger partial charge in [0, 0.05) is 12.6 Å². The fraction of sp³-hybridized carbons (Fsp3) is 0.355. The van der Waals surface area contributed by atoms with Crippen molar-refractivity contribution in [2.45, 2.75) is 58.0 Å². The summed E-state index contributed by atoms with van der Waals surface area (Å²) in [5.41, 5.74) is 2.24. The molecule has 3 aromatic rings. The molecule has 0 fully saturated rings. The number of sulfonamides is 1. The lowest BCUT2D eigenvalue weighted by Crippen LogP contribution is -2.53. The minimum atomic E-state index is -4.11. The molecule has 1 atom stereocenters. The maximum Gasteiger partial charge on any atom is 0.264 e. The summed E-state index contributed by atoms with van der Waals surface area (Å²) >= 11 is 0. The van der Waals surface area contributed by atoms with E-state index < -0.39 is 28.5 Å². The lowest BCUT2D eigenvalue weighted by Gasteiger charge is -2.32. The maximum atomic E-state index is 13.9. The molecule has 0 bridgehead atoms. The summed E-state index contributed by atoms with van der Waals surface area (Å²) in [6, 6.07) is 21.8. The van der Waals surface area contributed by atoms with E-state index in [1.807, 2.05) is 58.0 Å². The number of carbonyl (C=O) groups is 2. The SMILES string of the molecule is CCOc1ccc(N(CC(=O)N(CCc2ccccc2)C(C)C(=O)NC(C)C)S(=O)(=O)c2ccc(C)cc2)cc1. The molecule has 40 heavy (non-hydrogen) atoms. The molecule has 0 saturated carbocycles. The minimum absolute atomic E-state index is 0.0706. The van der Waals surface area contributed by atoms with Gasteiger partial charge in [-0.15, -0.1) is 0 Å². The van der Waals surface area contributed by atoms with Gasteiger partial charge in [-0.25, -0.2) is 8.42 Å². The molecule has 3 aromatic carbocycles. The summed E-state index contributed by atoms with van der Waals surface area (Å²) in [7, 11) is -4.11. The number of hydrogen-bond acceptors (Lipinski definition) is 5. The molecule has 3 rings (SSSR count). The van der Waals surface area contributed by atoms with Crippen molar-refractivity contribution in [3.05, 3.63) is 90.0 Å². The van der Waals surface area contributed by atoms with E-state index in [2.05, 4.69) is 5.32 Å². The summed E-state index contributed by atoms with van der Waals surface area (Å²) < 4.78 is 34.4. The van der Waals surface area contributed by atoms with Crippen LogP contribution in [-0.4, -0.2) is 56.9 Å². The molecule has 0 aliphatic rings. The van der Waals surface area contributed by atoms with Crippen molar-refractivity contribution in [2.75, 3.05) is 24.0 Å². The Kier molecular flexibility index (Phi) is 10.7. The van der Waals surface area contributed by atoms with Crippen LogP contribution in [0.15, 0.2) is 83.8 Å². The van der Waals surface area contributed by atoms with E-state index in [0.717, 1.165) is 15.4 Å². The third-order valence-corrected chi connectivity index (χ3v) is 8.19. The first-order valence-corrected chi connectivity index (χ1v) is 14.9. The highest BCUT2D eigenvalue weighted by Crippen LogP contribution is 2.26. The molecule has 214 valence electrons. The van der Waals surface area contributed by atoms with Crippen molar-refractivity contribution >= 4 is 27.5 Å². The highest BCUT2D eigenvalue weighted by atomic mass is 32.2. The number of ether oxygens (including phenoxy) is 1. The molecule has 9 heteroatoms. The predicted octanol–water partition coefficient (Wildman–Crippen LogP) is 4.57. The summed E-state index contributed by atoms with van der Waals surface area (Å²) in [6.45, 7) is 9.34. The van der Waals surface area contributed by atoms with Gasteiger partial charge in [-0.1, -0.05) is 48.0 Å². The Morgan fingerprint density at radius 1 is 0.900 bits per heavy atom. The maximum absolute atomic E-state index is 13.9. The molecule has 2 amide bonds. The number of hydrogen-bond donors (Lipinski definition) is 1. The standard InChI is InChI=1S/C31H39N3O5S/c1-6-39-28-16-14-27(15-17-28)34(40(37,38)29-18-12-24(4)13-19-29)22-30(35)33(25(5)31(36)32-23(2)3)21-20-26-10-8-7-9-11-26/h7-19,23,25H,6,20-22H2,1-5H3,(H,32,36). The number of amides is 2. The van der Waals surface area contributed by atoms with Crippen LogP contribution < -0.4 is 14.4 Å². The van der Waals surface area contributed by atoms with Crippen LogP contribution in [0.5, 0.6) is 5.75 Å². The number of anilines is 1. The van der Waals surface area contributed by atoms with E-state index in [9.17, 15) is 18.0 Å². The molecular formula is C31H39N3O5S. The van der Waals surface area contributed by atoms with E-state index >= 15 is 0 Å². The van der Waals surface area contributed by atoms with Crippen LogP contribution >= 0.6 is 0 Å². The molecule has 0 aromatic heterocycles. The largest absolute Gasteiger partial charge is 0.494 e. The quantitative estimate of drug-likeness (QED) is 0.328. The van der Waals surface area contributed by atoms with Gasteiger partial charge in [-0.2, -0.15) is 0 Å². The Morgan fingerprint density at radius 2 is 1.52 bits per heavy atom. The average molecular weight is 566 g/mol. The summed E-state index contributed by atoms with van der Waals surface area (Å²) in [5, 5.41) is 2.86.